The van der Waals surface area contributed by atoms with Gasteiger partial charge in [-0.1, -0.05) is 28.1 Å². The second kappa shape index (κ2) is 6.03. The minimum Gasteiger partial charge on any atom is -0.481 e. The largest absolute Gasteiger partial charge is 0.481 e. The van der Waals surface area contributed by atoms with Gasteiger partial charge in [-0.2, -0.15) is 0 Å². The summed E-state index contributed by atoms with van der Waals surface area (Å²) < 4.78 is 0.968. The van der Waals surface area contributed by atoms with Crippen LogP contribution in [0.1, 0.15) is 39.2 Å². The molecule has 0 aromatic heterocycles. The highest BCUT2D eigenvalue weighted by molar-refractivity contribution is 9.10. The van der Waals surface area contributed by atoms with Gasteiger partial charge in [0.05, 0.1) is 10.8 Å². The van der Waals surface area contributed by atoms with Crippen molar-refractivity contribution in [3.05, 3.63) is 34.3 Å². The van der Waals surface area contributed by atoms with E-state index < -0.39 is 16.8 Å². The molecule has 0 bridgehead atoms. The van der Waals surface area contributed by atoms with Crippen LogP contribution in [0.15, 0.2) is 28.7 Å². The van der Waals surface area contributed by atoms with Gasteiger partial charge in [-0.05, 0) is 51.3 Å². The number of piperidine rings is 1. The van der Waals surface area contributed by atoms with Gasteiger partial charge >= 0.3 is 5.97 Å². The quantitative estimate of drug-likeness (QED) is 0.889. The maximum Gasteiger partial charge on any atom is 0.311 e. The van der Waals surface area contributed by atoms with Gasteiger partial charge in [0.1, 0.15) is 0 Å². The Morgan fingerprint density at radius 3 is 2.41 bits per heavy atom. The summed E-state index contributed by atoms with van der Waals surface area (Å²) in [7, 11) is 0. The Balaban J connectivity index is 2.22. The third kappa shape index (κ3) is 3.19. The molecule has 1 heterocycles. The first-order chi connectivity index (χ1) is 10.2. The van der Waals surface area contributed by atoms with Gasteiger partial charge in [-0.15, -0.1) is 0 Å². The lowest BCUT2D eigenvalue weighted by Crippen LogP contribution is -2.52. The van der Waals surface area contributed by atoms with Crippen molar-refractivity contribution in [2.45, 2.75) is 39.0 Å². The fraction of sp³-hybridized carbons (Fsp3) is 0.529. The number of carboxylic acids is 1. The van der Waals surface area contributed by atoms with Crippen LogP contribution in [0.5, 0.6) is 0 Å². The van der Waals surface area contributed by atoms with Gasteiger partial charge in [0, 0.05) is 17.6 Å². The smallest absolute Gasteiger partial charge is 0.311 e. The van der Waals surface area contributed by atoms with Gasteiger partial charge in [0.15, 0.2) is 0 Å². The van der Waals surface area contributed by atoms with Crippen LogP contribution >= 0.6 is 15.9 Å². The highest BCUT2D eigenvalue weighted by atomic mass is 79.9. The molecule has 0 spiro atoms. The predicted molar refractivity (Wildman–Crippen MR) is 88.7 cm³/mol. The number of carboxylic acid groups (broad SMARTS) is 1. The zero-order valence-corrected chi connectivity index (χ0v) is 14.8. The monoisotopic (exact) mass is 367 g/mol. The first-order valence-electron chi connectivity index (χ1n) is 7.46. The molecule has 0 radical (unpaired) electrons. The summed E-state index contributed by atoms with van der Waals surface area (Å²) in [6, 6.07) is 7.70. The molecule has 4 nitrogen and oxygen atoms in total. The first kappa shape index (κ1) is 17.0. The minimum absolute atomic E-state index is 0.0120. The van der Waals surface area contributed by atoms with Crippen LogP contribution in [-0.2, 0) is 15.0 Å². The molecule has 1 aliphatic heterocycles. The molecule has 1 fully saturated rings. The molecule has 1 unspecified atom stereocenters. The number of carbonyl (C=O) groups excluding carboxylic acids is 1. The van der Waals surface area contributed by atoms with E-state index in [0.29, 0.717) is 13.0 Å². The Morgan fingerprint density at radius 1 is 1.27 bits per heavy atom. The van der Waals surface area contributed by atoms with Crippen molar-refractivity contribution in [2.24, 2.45) is 5.41 Å². The van der Waals surface area contributed by atoms with E-state index in [4.69, 9.17) is 0 Å². The summed E-state index contributed by atoms with van der Waals surface area (Å²) in [5, 5.41) is 9.40. The molecule has 1 aromatic carbocycles. The van der Waals surface area contributed by atoms with Crippen LogP contribution < -0.4 is 0 Å². The fourth-order valence-corrected chi connectivity index (χ4v) is 3.24. The number of halogens is 1. The summed E-state index contributed by atoms with van der Waals surface area (Å²) in [5.41, 5.74) is -0.579. The third-order valence-electron chi connectivity index (χ3n) is 4.60. The van der Waals surface area contributed by atoms with E-state index in [1.165, 1.54) is 0 Å². The fourth-order valence-electron chi connectivity index (χ4n) is 2.97. The Kier molecular flexibility index (Phi) is 4.66. The number of rotatable bonds is 3. The van der Waals surface area contributed by atoms with Gasteiger partial charge in [0.2, 0.25) is 5.91 Å². The van der Waals surface area contributed by atoms with E-state index in [1.54, 1.807) is 11.8 Å². The molecule has 0 aliphatic carbocycles. The number of benzene rings is 1. The highest BCUT2D eigenvalue weighted by Gasteiger charge is 2.42. The maximum atomic E-state index is 12.9. The Bertz CT molecular complexity index is 582. The number of amides is 1. The molecule has 1 aromatic rings. The molecule has 1 saturated heterocycles. The standard InChI is InChI=1S/C17H22BrNO3/c1-16(2,12-5-7-13(18)8-6-12)14(20)19-10-4-9-17(3,11-19)15(21)22/h5-8H,4,9-11H2,1-3H3,(H,21,22). The lowest BCUT2D eigenvalue weighted by molar-refractivity contribution is -0.154. The SMILES string of the molecule is CC1(C(=O)O)CCCN(C(=O)C(C)(C)c2ccc(Br)cc2)C1. The molecule has 1 N–H and O–H groups in total. The second-order valence-electron chi connectivity index (χ2n) is 6.83. The summed E-state index contributed by atoms with van der Waals surface area (Å²) in [6.45, 7) is 6.42. The normalized spacial score (nSPS) is 22.5. The number of hydrogen-bond acceptors (Lipinski definition) is 2. The number of likely N-dealkylation sites (tertiary alicyclic amines) is 1. The molecule has 22 heavy (non-hydrogen) atoms. The van der Waals surface area contributed by atoms with Gasteiger partial charge in [-0.3, -0.25) is 9.59 Å². The number of carbonyl (C=O) groups is 2. The van der Waals surface area contributed by atoms with Crippen molar-refractivity contribution in [1.82, 2.24) is 4.90 Å². The summed E-state index contributed by atoms with van der Waals surface area (Å²) in [5.74, 6) is -0.839. The second-order valence-corrected chi connectivity index (χ2v) is 7.74. The van der Waals surface area contributed by atoms with E-state index in [2.05, 4.69) is 15.9 Å². The zero-order chi connectivity index (χ0) is 16.5. The molecule has 1 atom stereocenters. The van der Waals surface area contributed by atoms with Gasteiger partial charge < -0.3 is 10.0 Å². The first-order valence-corrected chi connectivity index (χ1v) is 8.25. The number of nitrogens with zero attached hydrogens (tertiary/aromatic N) is 1. The summed E-state index contributed by atoms with van der Waals surface area (Å²) >= 11 is 3.40. The van der Waals surface area contributed by atoms with Crippen molar-refractivity contribution in [3.8, 4) is 0 Å². The van der Waals surface area contributed by atoms with E-state index in [9.17, 15) is 14.7 Å². The van der Waals surface area contributed by atoms with Crippen LogP contribution in [0.25, 0.3) is 0 Å². The van der Waals surface area contributed by atoms with E-state index in [1.807, 2.05) is 38.1 Å². The summed E-state index contributed by atoms with van der Waals surface area (Å²) in [4.78, 5) is 26.1. The molecule has 2 rings (SSSR count). The predicted octanol–water partition coefficient (Wildman–Crippen LogP) is 3.44. The maximum absolute atomic E-state index is 12.9. The molecule has 0 saturated carbocycles. The third-order valence-corrected chi connectivity index (χ3v) is 5.13. The average molecular weight is 368 g/mol. The van der Waals surface area contributed by atoms with Crippen LogP contribution in [0.4, 0.5) is 0 Å². The Hall–Kier alpha value is -1.36. The van der Waals surface area contributed by atoms with Crippen LogP contribution in [0.2, 0.25) is 0 Å². The highest BCUT2D eigenvalue weighted by Crippen LogP contribution is 2.33. The molecular weight excluding hydrogens is 346 g/mol. The minimum atomic E-state index is -0.844. The van der Waals surface area contributed by atoms with E-state index in [-0.39, 0.29) is 12.5 Å². The van der Waals surface area contributed by atoms with Crippen LogP contribution in [0.3, 0.4) is 0 Å². The van der Waals surface area contributed by atoms with Crippen molar-refractivity contribution in [2.75, 3.05) is 13.1 Å². The van der Waals surface area contributed by atoms with Crippen LogP contribution in [0, 0.1) is 5.41 Å². The Labute approximate surface area is 139 Å². The molecular formula is C17H22BrNO3. The zero-order valence-electron chi connectivity index (χ0n) is 13.2. The van der Waals surface area contributed by atoms with Crippen molar-refractivity contribution < 1.29 is 14.7 Å². The van der Waals surface area contributed by atoms with Crippen LogP contribution in [-0.4, -0.2) is 35.0 Å². The van der Waals surface area contributed by atoms with E-state index >= 15 is 0 Å². The lowest BCUT2D eigenvalue weighted by Gasteiger charge is -2.41. The molecule has 1 aliphatic rings. The van der Waals surface area contributed by atoms with Crippen molar-refractivity contribution in [1.29, 1.82) is 0 Å². The van der Waals surface area contributed by atoms with Gasteiger partial charge in [0.25, 0.3) is 0 Å². The molecule has 120 valence electrons. The lowest BCUT2D eigenvalue weighted by atomic mass is 9.79. The van der Waals surface area contributed by atoms with E-state index in [0.717, 1.165) is 16.5 Å². The summed E-state index contributed by atoms with van der Waals surface area (Å²) in [6.07, 6.45) is 1.34. The topological polar surface area (TPSA) is 57.6 Å². The Morgan fingerprint density at radius 2 is 1.86 bits per heavy atom. The van der Waals surface area contributed by atoms with Crippen molar-refractivity contribution in [3.63, 3.8) is 0 Å². The molecule has 5 heteroatoms. The average Bonchev–Trinajstić information content (AvgIpc) is 2.46. The van der Waals surface area contributed by atoms with Crippen molar-refractivity contribution >= 4 is 27.8 Å². The number of hydrogen-bond donors (Lipinski definition) is 1. The van der Waals surface area contributed by atoms with Gasteiger partial charge in [-0.25, -0.2) is 0 Å². The molecule has 1 amide bonds. The number of aliphatic carboxylic acids is 1.